The summed E-state index contributed by atoms with van der Waals surface area (Å²) in [7, 11) is 0. The van der Waals surface area contributed by atoms with Crippen LogP contribution >= 0.6 is 0 Å². The lowest BCUT2D eigenvalue weighted by Crippen LogP contribution is -2.26. The molecule has 6 heteroatoms. The van der Waals surface area contributed by atoms with E-state index in [1.54, 1.807) is 18.2 Å². The number of nitrogens with zero attached hydrogens (tertiary/aromatic N) is 3. The summed E-state index contributed by atoms with van der Waals surface area (Å²) < 4.78 is 5.78. The molecule has 4 aromatic rings. The molecule has 4 rings (SSSR count). The number of phenols is 1. The lowest BCUT2D eigenvalue weighted by molar-refractivity contribution is 0.194. The van der Waals surface area contributed by atoms with Gasteiger partial charge in [-0.3, -0.25) is 5.73 Å². The molecule has 0 aliphatic carbocycles. The molecule has 6 nitrogen and oxygen atoms in total. The van der Waals surface area contributed by atoms with E-state index in [1.807, 2.05) is 60.7 Å². The molecule has 1 unspecified atom stereocenters. The predicted octanol–water partition coefficient (Wildman–Crippen LogP) is 5.82. The zero-order valence-corrected chi connectivity index (χ0v) is 18.7. The van der Waals surface area contributed by atoms with Crippen molar-refractivity contribution in [2.45, 2.75) is 38.8 Å². The first-order chi connectivity index (χ1) is 16.1. The molecule has 33 heavy (non-hydrogen) atoms. The molecule has 0 radical (unpaired) electrons. The normalized spacial score (nSPS) is 11.8. The van der Waals surface area contributed by atoms with Crippen LogP contribution in [0.3, 0.4) is 0 Å². The third-order valence-corrected chi connectivity index (χ3v) is 5.29. The Hall–Kier alpha value is -3.77. The van der Waals surface area contributed by atoms with Gasteiger partial charge < -0.3 is 9.84 Å². The summed E-state index contributed by atoms with van der Waals surface area (Å²) >= 11 is 0. The Kier molecular flexibility index (Phi) is 7.27. The number of aromatic hydroxyl groups is 1. The zero-order valence-electron chi connectivity index (χ0n) is 18.7. The van der Waals surface area contributed by atoms with Crippen LogP contribution in [0.5, 0.6) is 11.5 Å². The maximum atomic E-state index is 10.8. The van der Waals surface area contributed by atoms with Crippen molar-refractivity contribution in [2.24, 2.45) is 5.73 Å². The number of nitrogens with two attached hydrogens (primary N) is 1. The minimum absolute atomic E-state index is 0.0254. The summed E-state index contributed by atoms with van der Waals surface area (Å²) in [4.78, 5) is 14.0. The molecule has 3 aromatic carbocycles. The van der Waals surface area contributed by atoms with E-state index in [0.717, 1.165) is 36.8 Å². The molecule has 1 heterocycles. The average Bonchev–Trinajstić information content (AvgIpc) is 2.85. The number of ether oxygens (including phenoxy) is 1. The van der Waals surface area contributed by atoms with Gasteiger partial charge in [0, 0.05) is 17.2 Å². The van der Waals surface area contributed by atoms with Crippen molar-refractivity contribution in [3.63, 3.8) is 0 Å². The van der Waals surface area contributed by atoms with Crippen molar-refractivity contribution in [2.75, 3.05) is 0 Å². The SMILES string of the molecule is CCCCCC(N)Oc1ccc(-c2nc(-c3ccccc3)nc(-c3ccccc3)n2)c(O)c1. The number of aromatic nitrogens is 3. The number of benzene rings is 3. The van der Waals surface area contributed by atoms with Crippen molar-refractivity contribution >= 4 is 0 Å². The Balaban J connectivity index is 1.68. The van der Waals surface area contributed by atoms with Crippen molar-refractivity contribution in [3.05, 3.63) is 78.9 Å². The van der Waals surface area contributed by atoms with Crippen LogP contribution in [0.25, 0.3) is 34.2 Å². The zero-order chi connectivity index (χ0) is 23.0. The van der Waals surface area contributed by atoms with Crippen molar-refractivity contribution < 1.29 is 9.84 Å². The first kappa shape index (κ1) is 22.4. The third kappa shape index (κ3) is 5.73. The molecule has 0 spiro atoms. The maximum Gasteiger partial charge on any atom is 0.167 e. The average molecular weight is 441 g/mol. The first-order valence-electron chi connectivity index (χ1n) is 11.3. The number of phenolic OH excluding ortho intramolecular Hbond substituents is 1. The van der Waals surface area contributed by atoms with Crippen molar-refractivity contribution in [3.8, 4) is 45.7 Å². The minimum Gasteiger partial charge on any atom is -0.507 e. The quantitative estimate of drug-likeness (QED) is 0.251. The minimum atomic E-state index is -0.409. The molecule has 0 aliphatic heterocycles. The van der Waals surface area contributed by atoms with E-state index in [2.05, 4.69) is 21.9 Å². The molecule has 0 fully saturated rings. The second-order valence-electron chi connectivity index (χ2n) is 7.87. The fraction of sp³-hybridized carbons (Fsp3) is 0.222. The highest BCUT2D eigenvalue weighted by Gasteiger charge is 2.15. The number of rotatable bonds is 9. The van der Waals surface area contributed by atoms with Crippen molar-refractivity contribution in [1.29, 1.82) is 0 Å². The lowest BCUT2D eigenvalue weighted by Gasteiger charge is -2.15. The molecular formula is C27H28N4O2. The monoisotopic (exact) mass is 440 g/mol. The first-order valence-corrected chi connectivity index (χ1v) is 11.3. The Bertz CT molecular complexity index is 1130. The Morgan fingerprint density at radius 2 is 1.36 bits per heavy atom. The fourth-order valence-corrected chi connectivity index (χ4v) is 3.53. The van der Waals surface area contributed by atoms with Crippen LogP contribution in [-0.2, 0) is 0 Å². The fourth-order valence-electron chi connectivity index (χ4n) is 3.53. The molecule has 0 saturated heterocycles. The van der Waals surface area contributed by atoms with Gasteiger partial charge in [0.1, 0.15) is 17.7 Å². The molecule has 0 amide bonds. The van der Waals surface area contributed by atoms with E-state index >= 15 is 0 Å². The maximum absolute atomic E-state index is 10.8. The van der Waals surface area contributed by atoms with Gasteiger partial charge in [-0.2, -0.15) is 0 Å². The van der Waals surface area contributed by atoms with E-state index < -0.39 is 6.23 Å². The summed E-state index contributed by atoms with van der Waals surface area (Å²) in [5.74, 6) is 2.01. The summed E-state index contributed by atoms with van der Waals surface area (Å²) in [5.41, 5.74) is 8.32. The van der Waals surface area contributed by atoms with Crippen LogP contribution in [0.15, 0.2) is 78.9 Å². The van der Waals surface area contributed by atoms with Crippen molar-refractivity contribution in [1.82, 2.24) is 15.0 Å². The van der Waals surface area contributed by atoms with E-state index in [1.165, 1.54) is 0 Å². The Labute approximate surface area is 194 Å². The van der Waals surface area contributed by atoms with Crippen LogP contribution in [0.1, 0.15) is 32.6 Å². The summed E-state index contributed by atoms with van der Waals surface area (Å²) in [5, 5.41) is 10.8. The van der Waals surface area contributed by atoms with E-state index in [0.29, 0.717) is 28.8 Å². The molecular weight excluding hydrogens is 412 g/mol. The molecule has 0 aliphatic rings. The van der Waals surface area contributed by atoms with Gasteiger partial charge in [-0.1, -0.05) is 80.4 Å². The highest BCUT2D eigenvalue weighted by atomic mass is 16.5. The van der Waals surface area contributed by atoms with E-state index in [4.69, 9.17) is 10.5 Å². The summed E-state index contributed by atoms with van der Waals surface area (Å²) in [6.45, 7) is 2.15. The van der Waals surface area contributed by atoms with Gasteiger partial charge >= 0.3 is 0 Å². The number of hydrogen-bond donors (Lipinski definition) is 2. The molecule has 1 atom stereocenters. The van der Waals surface area contributed by atoms with E-state index in [9.17, 15) is 5.11 Å². The van der Waals surface area contributed by atoms with Crippen LogP contribution < -0.4 is 10.5 Å². The predicted molar refractivity (Wildman–Crippen MR) is 131 cm³/mol. The van der Waals surface area contributed by atoms with Gasteiger partial charge in [0.05, 0.1) is 5.56 Å². The third-order valence-electron chi connectivity index (χ3n) is 5.29. The highest BCUT2D eigenvalue weighted by molar-refractivity contribution is 5.70. The van der Waals surface area contributed by atoms with Gasteiger partial charge in [-0.15, -0.1) is 0 Å². The van der Waals surface area contributed by atoms with Gasteiger partial charge in [0.2, 0.25) is 0 Å². The molecule has 168 valence electrons. The second kappa shape index (κ2) is 10.7. The van der Waals surface area contributed by atoms with Crippen LogP contribution in [-0.4, -0.2) is 26.3 Å². The lowest BCUT2D eigenvalue weighted by atomic mass is 10.1. The molecule has 0 bridgehead atoms. The highest BCUT2D eigenvalue weighted by Crippen LogP contribution is 2.33. The largest absolute Gasteiger partial charge is 0.507 e. The molecule has 3 N–H and O–H groups in total. The van der Waals surface area contributed by atoms with Gasteiger partial charge in [0.15, 0.2) is 17.5 Å². The molecule has 1 aromatic heterocycles. The van der Waals surface area contributed by atoms with Crippen LogP contribution in [0.4, 0.5) is 0 Å². The topological polar surface area (TPSA) is 94.2 Å². The second-order valence-corrected chi connectivity index (χ2v) is 7.87. The number of hydrogen-bond acceptors (Lipinski definition) is 6. The van der Waals surface area contributed by atoms with Crippen LogP contribution in [0, 0.1) is 0 Å². The smallest absolute Gasteiger partial charge is 0.167 e. The van der Waals surface area contributed by atoms with Gasteiger partial charge in [-0.25, -0.2) is 15.0 Å². The Morgan fingerprint density at radius 1 is 0.788 bits per heavy atom. The van der Waals surface area contributed by atoms with Gasteiger partial charge in [-0.05, 0) is 25.0 Å². The standard InChI is InChI=1S/C27H28N4O2/c1-2-3-6-15-24(28)33-21-16-17-22(23(32)18-21)27-30-25(19-11-7-4-8-12-19)29-26(31-27)20-13-9-5-10-14-20/h4-5,7-14,16-18,24,32H,2-3,6,15,28H2,1H3. The molecule has 0 saturated carbocycles. The van der Waals surface area contributed by atoms with Crippen LogP contribution in [0.2, 0.25) is 0 Å². The number of unbranched alkanes of at least 4 members (excludes halogenated alkanes) is 2. The summed E-state index contributed by atoms with van der Waals surface area (Å²) in [6.07, 6.45) is 3.62. The van der Waals surface area contributed by atoms with E-state index in [-0.39, 0.29) is 5.75 Å². The Morgan fingerprint density at radius 3 is 1.91 bits per heavy atom. The van der Waals surface area contributed by atoms with Gasteiger partial charge in [0.25, 0.3) is 0 Å². The summed E-state index contributed by atoms with van der Waals surface area (Å²) in [6, 6.07) is 24.5.